The first-order valence-corrected chi connectivity index (χ1v) is 7.67. The molecule has 0 aromatic rings. The van der Waals surface area contributed by atoms with Crippen molar-refractivity contribution in [3.05, 3.63) is 0 Å². The Morgan fingerprint density at radius 2 is 1.83 bits per heavy atom. The number of nitrogens with two attached hydrogens (primary N) is 1. The number of carbonyl (C=O) groups is 1. The second-order valence-corrected chi connectivity index (χ2v) is 6.32. The molecule has 0 radical (unpaired) electrons. The van der Waals surface area contributed by atoms with Gasteiger partial charge in [0.15, 0.2) is 0 Å². The standard InChI is InChI=1S/C15H28N2O/c1-11-7-6-9-13(14(11)16)15(18)17-10-5-3-4-8-12(17)2/h11-14H,3-10,16H2,1-2H3. The summed E-state index contributed by atoms with van der Waals surface area (Å²) in [5, 5.41) is 0. The predicted molar refractivity (Wildman–Crippen MR) is 74.1 cm³/mol. The Bertz CT molecular complexity index is 288. The number of amides is 1. The largest absolute Gasteiger partial charge is 0.340 e. The number of hydrogen-bond donors (Lipinski definition) is 1. The van der Waals surface area contributed by atoms with Gasteiger partial charge in [-0.3, -0.25) is 4.79 Å². The first-order chi connectivity index (χ1) is 8.61. The monoisotopic (exact) mass is 252 g/mol. The van der Waals surface area contributed by atoms with Crippen LogP contribution < -0.4 is 5.73 Å². The molecule has 2 aliphatic rings. The third kappa shape index (κ3) is 2.87. The van der Waals surface area contributed by atoms with Gasteiger partial charge in [0.05, 0.1) is 5.92 Å². The summed E-state index contributed by atoms with van der Waals surface area (Å²) in [5.74, 6) is 0.910. The van der Waals surface area contributed by atoms with Crippen molar-refractivity contribution < 1.29 is 4.79 Å². The lowest BCUT2D eigenvalue weighted by Crippen LogP contribution is -2.51. The van der Waals surface area contributed by atoms with Crippen LogP contribution in [0.5, 0.6) is 0 Å². The molecule has 0 aromatic heterocycles. The van der Waals surface area contributed by atoms with Gasteiger partial charge >= 0.3 is 0 Å². The molecule has 1 saturated heterocycles. The molecular formula is C15H28N2O. The zero-order valence-electron chi connectivity index (χ0n) is 11.9. The molecule has 0 bridgehead atoms. The highest BCUT2D eigenvalue weighted by Crippen LogP contribution is 2.30. The average molecular weight is 252 g/mol. The minimum atomic E-state index is 0.0710. The van der Waals surface area contributed by atoms with E-state index < -0.39 is 0 Å². The third-order valence-electron chi connectivity index (χ3n) is 4.95. The maximum absolute atomic E-state index is 12.7. The molecule has 0 aromatic carbocycles. The zero-order chi connectivity index (χ0) is 13.1. The van der Waals surface area contributed by atoms with E-state index in [9.17, 15) is 4.79 Å². The fourth-order valence-electron chi connectivity index (χ4n) is 3.54. The molecule has 3 heteroatoms. The van der Waals surface area contributed by atoms with Gasteiger partial charge in [-0.05, 0) is 38.5 Å². The molecule has 104 valence electrons. The van der Waals surface area contributed by atoms with Gasteiger partial charge < -0.3 is 10.6 Å². The summed E-state index contributed by atoms with van der Waals surface area (Å²) in [7, 11) is 0. The van der Waals surface area contributed by atoms with Gasteiger partial charge in [-0.2, -0.15) is 0 Å². The van der Waals surface area contributed by atoms with Gasteiger partial charge in [0.2, 0.25) is 5.91 Å². The summed E-state index contributed by atoms with van der Waals surface area (Å²) in [6, 6.07) is 0.478. The first-order valence-electron chi connectivity index (χ1n) is 7.67. The van der Waals surface area contributed by atoms with E-state index in [0.29, 0.717) is 17.9 Å². The van der Waals surface area contributed by atoms with Crippen LogP contribution in [0.3, 0.4) is 0 Å². The van der Waals surface area contributed by atoms with Crippen molar-refractivity contribution in [2.75, 3.05) is 6.54 Å². The van der Waals surface area contributed by atoms with Crippen molar-refractivity contribution >= 4 is 5.91 Å². The van der Waals surface area contributed by atoms with E-state index in [1.165, 1.54) is 19.3 Å². The highest BCUT2D eigenvalue weighted by molar-refractivity contribution is 5.80. The summed E-state index contributed by atoms with van der Waals surface area (Å²) < 4.78 is 0. The Labute approximate surface area is 111 Å². The summed E-state index contributed by atoms with van der Waals surface area (Å²) in [6.07, 6.45) is 8.18. The molecule has 1 aliphatic carbocycles. The van der Waals surface area contributed by atoms with Gasteiger partial charge in [-0.1, -0.05) is 26.2 Å². The topological polar surface area (TPSA) is 46.3 Å². The SMILES string of the molecule is CC1CCCC(C(=O)N2CCCCCC2C)C1N. The maximum atomic E-state index is 12.7. The number of hydrogen-bond acceptors (Lipinski definition) is 2. The van der Waals surface area contributed by atoms with Gasteiger partial charge in [-0.15, -0.1) is 0 Å². The molecule has 1 heterocycles. The summed E-state index contributed by atoms with van der Waals surface area (Å²) in [6.45, 7) is 5.33. The zero-order valence-corrected chi connectivity index (χ0v) is 11.9. The normalized spacial score (nSPS) is 38.3. The number of rotatable bonds is 1. The van der Waals surface area contributed by atoms with Gasteiger partial charge in [-0.25, -0.2) is 0 Å². The second-order valence-electron chi connectivity index (χ2n) is 6.32. The average Bonchev–Trinajstić information content (AvgIpc) is 2.57. The van der Waals surface area contributed by atoms with Crippen molar-refractivity contribution in [2.45, 2.75) is 70.9 Å². The van der Waals surface area contributed by atoms with Gasteiger partial charge in [0.1, 0.15) is 0 Å². The van der Waals surface area contributed by atoms with Crippen molar-refractivity contribution in [3.63, 3.8) is 0 Å². The summed E-state index contributed by atoms with van der Waals surface area (Å²) in [4.78, 5) is 14.8. The Balaban J connectivity index is 2.04. The van der Waals surface area contributed by atoms with Crippen molar-refractivity contribution in [3.8, 4) is 0 Å². The van der Waals surface area contributed by atoms with Crippen molar-refractivity contribution in [1.82, 2.24) is 4.90 Å². The smallest absolute Gasteiger partial charge is 0.227 e. The molecule has 4 atom stereocenters. The summed E-state index contributed by atoms with van der Waals surface area (Å²) >= 11 is 0. The van der Waals surface area contributed by atoms with E-state index in [0.717, 1.165) is 32.2 Å². The molecule has 1 aliphatic heterocycles. The van der Waals surface area contributed by atoms with E-state index in [4.69, 9.17) is 5.73 Å². The van der Waals surface area contributed by atoms with Crippen LogP contribution in [0.1, 0.15) is 58.8 Å². The highest BCUT2D eigenvalue weighted by Gasteiger charge is 2.36. The lowest BCUT2D eigenvalue weighted by molar-refractivity contribution is -0.139. The fourth-order valence-corrected chi connectivity index (χ4v) is 3.54. The van der Waals surface area contributed by atoms with E-state index in [1.54, 1.807) is 0 Å². The van der Waals surface area contributed by atoms with Crippen LogP contribution in [-0.4, -0.2) is 29.4 Å². The Hall–Kier alpha value is -0.570. The molecule has 3 nitrogen and oxygen atoms in total. The van der Waals surface area contributed by atoms with Crippen LogP contribution in [0.2, 0.25) is 0 Å². The lowest BCUT2D eigenvalue weighted by Gasteiger charge is -2.38. The van der Waals surface area contributed by atoms with Crippen LogP contribution in [0.25, 0.3) is 0 Å². The molecule has 2 N–H and O–H groups in total. The van der Waals surface area contributed by atoms with E-state index in [2.05, 4.69) is 18.7 Å². The minimum absolute atomic E-state index is 0.0710. The van der Waals surface area contributed by atoms with E-state index >= 15 is 0 Å². The van der Waals surface area contributed by atoms with Gasteiger partial charge in [0, 0.05) is 18.6 Å². The van der Waals surface area contributed by atoms with E-state index in [1.807, 2.05) is 0 Å². The van der Waals surface area contributed by atoms with Crippen LogP contribution in [0, 0.1) is 11.8 Å². The predicted octanol–water partition coefficient (Wildman–Crippen LogP) is 2.54. The fraction of sp³-hybridized carbons (Fsp3) is 0.933. The van der Waals surface area contributed by atoms with Crippen LogP contribution in [-0.2, 0) is 4.79 Å². The molecule has 1 saturated carbocycles. The van der Waals surface area contributed by atoms with Crippen LogP contribution in [0.15, 0.2) is 0 Å². The van der Waals surface area contributed by atoms with Gasteiger partial charge in [0.25, 0.3) is 0 Å². The molecule has 2 rings (SSSR count). The second kappa shape index (κ2) is 6.05. The summed E-state index contributed by atoms with van der Waals surface area (Å²) in [5.41, 5.74) is 6.27. The lowest BCUT2D eigenvalue weighted by atomic mass is 9.77. The maximum Gasteiger partial charge on any atom is 0.227 e. The Morgan fingerprint density at radius 1 is 1.06 bits per heavy atom. The molecule has 2 fully saturated rings. The molecule has 1 amide bonds. The highest BCUT2D eigenvalue weighted by atomic mass is 16.2. The number of nitrogens with zero attached hydrogens (tertiary/aromatic N) is 1. The molecule has 0 spiro atoms. The molecule has 18 heavy (non-hydrogen) atoms. The molecular weight excluding hydrogens is 224 g/mol. The Kier molecular flexibility index (Phi) is 4.66. The number of likely N-dealkylation sites (tertiary alicyclic amines) is 1. The van der Waals surface area contributed by atoms with Crippen LogP contribution >= 0.6 is 0 Å². The Morgan fingerprint density at radius 3 is 2.61 bits per heavy atom. The van der Waals surface area contributed by atoms with E-state index in [-0.39, 0.29) is 12.0 Å². The molecule has 4 unspecified atom stereocenters. The van der Waals surface area contributed by atoms with Crippen molar-refractivity contribution in [2.24, 2.45) is 17.6 Å². The quantitative estimate of drug-likeness (QED) is 0.779. The third-order valence-corrected chi connectivity index (χ3v) is 4.95. The van der Waals surface area contributed by atoms with Crippen LogP contribution in [0.4, 0.5) is 0 Å². The minimum Gasteiger partial charge on any atom is -0.340 e. The van der Waals surface area contributed by atoms with Crippen molar-refractivity contribution in [1.29, 1.82) is 0 Å². The first kappa shape index (κ1) is 13.9. The number of carbonyl (C=O) groups excluding carboxylic acids is 1.